The van der Waals surface area contributed by atoms with Crippen molar-refractivity contribution < 1.29 is 26.3 Å². The van der Waals surface area contributed by atoms with E-state index in [2.05, 4.69) is 25.6 Å². The molecule has 11 heteroatoms. The van der Waals surface area contributed by atoms with E-state index in [9.17, 15) is 26.3 Å². The van der Waals surface area contributed by atoms with E-state index in [0.29, 0.717) is 17.5 Å². The standard InChI is InChI=1S/C23H21F6N5/c24-22(25,26)14-9-10-17(16(12-14)23(27,28)29)32-20-13-19(18-8-4-5-11-30-18)33-21(34-20)31-15-6-2-1-3-7-15/h4-5,8-13,15H,1-3,6-7H2,(H2,31,32,33,34). The molecular weight excluding hydrogens is 460 g/mol. The molecule has 5 nitrogen and oxygen atoms in total. The van der Waals surface area contributed by atoms with Crippen molar-refractivity contribution in [2.24, 2.45) is 0 Å². The number of hydrogen-bond acceptors (Lipinski definition) is 5. The minimum Gasteiger partial charge on any atom is -0.351 e. The molecule has 2 heterocycles. The first-order chi connectivity index (χ1) is 16.1. The number of nitrogens with one attached hydrogen (secondary N) is 2. The lowest BCUT2D eigenvalue weighted by molar-refractivity contribution is -0.142. The van der Waals surface area contributed by atoms with Crippen molar-refractivity contribution in [1.29, 1.82) is 0 Å². The highest BCUT2D eigenvalue weighted by Gasteiger charge is 2.38. The maximum atomic E-state index is 13.6. The van der Waals surface area contributed by atoms with Gasteiger partial charge in [0.25, 0.3) is 0 Å². The lowest BCUT2D eigenvalue weighted by Gasteiger charge is -2.23. The average Bonchev–Trinajstić information content (AvgIpc) is 2.79. The number of aromatic nitrogens is 3. The van der Waals surface area contributed by atoms with Gasteiger partial charge in [-0.1, -0.05) is 25.3 Å². The van der Waals surface area contributed by atoms with E-state index in [4.69, 9.17) is 0 Å². The quantitative estimate of drug-likeness (QED) is 0.382. The molecule has 1 fully saturated rings. The summed E-state index contributed by atoms with van der Waals surface area (Å²) in [4.78, 5) is 13.0. The molecule has 0 saturated heterocycles. The maximum absolute atomic E-state index is 13.6. The summed E-state index contributed by atoms with van der Waals surface area (Å²) in [6.07, 6.45) is -3.31. The summed E-state index contributed by atoms with van der Waals surface area (Å²) in [5, 5.41) is 5.77. The van der Waals surface area contributed by atoms with Crippen LogP contribution in [0.15, 0.2) is 48.7 Å². The molecule has 0 radical (unpaired) electrons. The van der Waals surface area contributed by atoms with Gasteiger partial charge in [-0.05, 0) is 43.2 Å². The van der Waals surface area contributed by atoms with Gasteiger partial charge >= 0.3 is 12.4 Å². The van der Waals surface area contributed by atoms with Crippen LogP contribution < -0.4 is 10.6 Å². The highest BCUT2D eigenvalue weighted by molar-refractivity contribution is 5.67. The number of alkyl halides is 6. The van der Waals surface area contributed by atoms with Crippen LogP contribution in [-0.2, 0) is 12.4 Å². The molecular formula is C23H21F6N5. The molecule has 0 bridgehead atoms. The molecule has 1 aromatic carbocycles. The Morgan fingerprint density at radius 3 is 2.21 bits per heavy atom. The third-order valence-electron chi connectivity index (χ3n) is 5.51. The van der Waals surface area contributed by atoms with Crippen LogP contribution in [0.1, 0.15) is 43.2 Å². The summed E-state index contributed by atoms with van der Waals surface area (Å²) in [5.41, 5.74) is -2.54. The van der Waals surface area contributed by atoms with Gasteiger partial charge in [0, 0.05) is 18.3 Å². The zero-order valence-electron chi connectivity index (χ0n) is 17.8. The molecule has 34 heavy (non-hydrogen) atoms. The Morgan fingerprint density at radius 1 is 0.794 bits per heavy atom. The van der Waals surface area contributed by atoms with E-state index < -0.39 is 29.2 Å². The molecule has 1 saturated carbocycles. The lowest BCUT2D eigenvalue weighted by Crippen LogP contribution is -2.23. The summed E-state index contributed by atoms with van der Waals surface area (Å²) >= 11 is 0. The van der Waals surface area contributed by atoms with Crippen LogP contribution in [-0.4, -0.2) is 21.0 Å². The molecule has 1 aliphatic carbocycles. The van der Waals surface area contributed by atoms with Crippen molar-refractivity contribution in [3.8, 4) is 11.4 Å². The summed E-state index contributed by atoms with van der Waals surface area (Å²) < 4.78 is 79.8. The van der Waals surface area contributed by atoms with Crippen molar-refractivity contribution in [2.75, 3.05) is 10.6 Å². The third-order valence-corrected chi connectivity index (χ3v) is 5.51. The van der Waals surface area contributed by atoms with Crippen LogP contribution in [0.25, 0.3) is 11.4 Å². The van der Waals surface area contributed by atoms with Gasteiger partial charge in [0.15, 0.2) is 0 Å². The van der Waals surface area contributed by atoms with Crippen molar-refractivity contribution in [3.63, 3.8) is 0 Å². The second-order valence-electron chi connectivity index (χ2n) is 8.04. The highest BCUT2D eigenvalue weighted by Crippen LogP contribution is 2.40. The second kappa shape index (κ2) is 9.47. The topological polar surface area (TPSA) is 62.7 Å². The van der Waals surface area contributed by atoms with E-state index >= 15 is 0 Å². The minimum absolute atomic E-state index is 0.000721. The van der Waals surface area contributed by atoms with E-state index in [0.717, 1.165) is 38.2 Å². The monoisotopic (exact) mass is 481 g/mol. The Balaban J connectivity index is 1.72. The molecule has 1 aliphatic rings. The summed E-state index contributed by atoms with van der Waals surface area (Å²) in [5.74, 6) is 0.206. The maximum Gasteiger partial charge on any atom is 0.418 e. The number of rotatable bonds is 5. The Labute approximate surface area is 191 Å². The summed E-state index contributed by atoms with van der Waals surface area (Å²) in [7, 11) is 0. The van der Waals surface area contributed by atoms with Crippen LogP contribution in [0.4, 0.5) is 43.8 Å². The van der Waals surface area contributed by atoms with Crippen LogP contribution in [0.2, 0.25) is 0 Å². The predicted octanol–water partition coefficient (Wildman–Crippen LogP) is 7.06. The van der Waals surface area contributed by atoms with Crippen LogP contribution in [0.5, 0.6) is 0 Å². The second-order valence-corrected chi connectivity index (χ2v) is 8.04. The van der Waals surface area contributed by atoms with Gasteiger partial charge in [0.2, 0.25) is 5.95 Å². The lowest BCUT2D eigenvalue weighted by atomic mass is 9.96. The molecule has 0 atom stereocenters. The zero-order valence-corrected chi connectivity index (χ0v) is 17.8. The summed E-state index contributed by atoms with van der Waals surface area (Å²) in [6.45, 7) is 0. The minimum atomic E-state index is -5.01. The number of anilines is 3. The number of hydrogen-bond donors (Lipinski definition) is 2. The Bertz CT molecular complexity index is 1120. The normalized spacial score (nSPS) is 15.2. The fraction of sp³-hybridized carbons (Fsp3) is 0.348. The molecule has 0 amide bonds. The molecule has 180 valence electrons. The molecule has 3 aromatic rings. The molecule has 2 N–H and O–H groups in total. The zero-order chi connectivity index (χ0) is 24.3. The predicted molar refractivity (Wildman–Crippen MR) is 115 cm³/mol. The molecule has 0 spiro atoms. The molecule has 2 aromatic heterocycles. The highest BCUT2D eigenvalue weighted by atomic mass is 19.4. The Hall–Kier alpha value is -3.37. The van der Waals surface area contributed by atoms with Crippen LogP contribution in [0, 0.1) is 0 Å². The van der Waals surface area contributed by atoms with Gasteiger partial charge in [0.1, 0.15) is 5.82 Å². The van der Waals surface area contributed by atoms with Gasteiger partial charge in [-0.3, -0.25) is 4.98 Å². The SMILES string of the molecule is FC(F)(F)c1ccc(Nc2cc(-c3ccccn3)nc(NC3CCCCC3)n2)c(C(F)(F)F)c1. The van der Waals surface area contributed by atoms with Crippen molar-refractivity contribution in [1.82, 2.24) is 15.0 Å². The van der Waals surface area contributed by atoms with Crippen molar-refractivity contribution >= 4 is 17.5 Å². The first kappa shape index (κ1) is 23.8. The van der Waals surface area contributed by atoms with Crippen molar-refractivity contribution in [2.45, 2.75) is 50.5 Å². The average molecular weight is 481 g/mol. The first-order valence-electron chi connectivity index (χ1n) is 10.7. The van der Waals surface area contributed by atoms with Crippen LogP contribution >= 0.6 is 0 Å². The fourth-order valence-corrected chi connectivity index (χ4v) is 3.85. The molecule has 0 unspecified atom stereocenters. The van der Waals surface area contributed by atoms with Crippen molar-refractivity contribution in [3.05, 3.63) is 59.8 Å². The Morgan fingerprint density at radius 2 is 1.56 bits per heavy atom. The van der Waals surface area contributed by atoms with E-state index in [1.54, 1.807) is 24.4 Å². The smallest absolute Gasteiger partial charge is 0.351 e. The van der Waals surface area contributed by atoms with Gasteiger partial charge in [0.05, 0.1) is 28.2 Å². The Kier molecular flexibility index (Phi) is 6.63. The number of pyridine rings is 1. The number of nitrogens with zero attached hydrogens (tertiary/aromatic N) is 3. The van der Waals surface area contributed by atoms with Crippen LogP contribution in [0.3, 0.4) is 0 Å². The van der Waals surface area contributed by atoms with E-state index in [-0.39, 0.29) is 23.9 Å². The molecule has 4 rings (SSSR count). The fourth-order valence-electron chi connectivity index (χ4n) is 3.85. The molecule has 0 aliphatic heterocycles. The van der Waals surface area contributed by atoms with Gasteiger partial charge < -0.3 is 10.6 Å². The van der Waals surface area contributed by atoms with E-state index in [1.165, 1.54) is 6.07 Å². The largest absolute Gasteiger partial charge is 0.418 e. The first-order valence-corrected chi connectivity index (χ1v) is 10.7. The third kappa shape index (κ3) is 5.75. The number of benzene rings is 1. The number of halogens is 6. The van der Waals surface area contributed by atoms with Gasteiger partial charge in [-0.15, -0.1) is 0 Å². The van der Waals surface area contributed by atoms with Gasteiger partial charge in [-0.25, -0.2) is 4.98 Å². The van der Waals surface area contributed by atoms with E-state index in [1.807, 2.05) is 0 Å². The summed E-state index contributed by atoms with van der Waals surface area (Å²) in [6, 6.07) is 8.11. The van der Waals surface area contributed by atoms with Gasteiger partial charge in [-0.2, -0.15) is 31.3 Å².